The lowest BCUT2D eigenvalue weighted by molar-refractivity contribution is 0.347. The summed E-state index contributed by atoms with van der Waals surface area (Å²) < 4.78 is 5.75. The molecule has 0 amide bonds. The van der Waals surface area contributed by atoms with Crippen molar-refractivity contribution in [3.8, 4) is 5.75 Å². The van der Waals surface area contributed by atoms with Crippen LogP contribution in [0.1, 0.15) is 43.4 Å². The van der Waals surface area contributed by atoms with Gasteiger partial charge in [0.25, 0.3) is 0 Å². The van der Waals surface area contributed by atoms with Gasteiger partial charge in [0.1, 0.15) is 5.75 Å². The minimum atomic E-state index is 0.348. The molecule has 1 aliphatic rings. The lowest BCUT2D eigenvalue weighted by Crippen LogP contribution is -2.17. The highest BCUT2D eigenvalue weighted by molar-refractivity contribution is 6.30. The van der Waals surface area contributed by atoms with Crippen molar-refractivity contribution in [2.45, 2.75) is 38.6 Å². The maximum Gasteiger partial charge on any atom is 0.127 e. The molecule has 0 spiro atoms. The molecule has 1 aliphatic heterocycles. The van der Waals surface area contributed by atoms with Gasteiger partial charge in [-0.15, -0.1) is 0 Å². The van der Waals surface area contributed by atoms with Crippen molar-refractivity contribution in [3.63, 3.8) is 0 Å². The Balaban J connectivity index is 2.29. The van der Waals surface area contributed by atoms with E-state index < -0.39 is 0 Å². The molecule has 2 rings (SSSR count). The van der Waals surface area contributed by atoms with Crippen LogP contribution in [0.3, 0.4) is 0 Å². The number of hydrogen-bond acceptors (Lipinski definition) is 2. The topological polar surface area (TPSA) is 21.3 Å². The van der Waals surface area contributed by atoms with E-state index >= 15 is 0 Å². The minimum absolute atomic E-state index is 0.348. The van der Waals surface area contributed by atoms with Gasteiger partial charge in [0.2, 0.25) is 0 Å². The second-order valence-corrected chi connectivity index (χ2v) is 5.00. The van der Waals surface area contributed by atoms with E-state index in [0.717, 1.165) is 30.2 Å². The van der Waals surface area contributed by atoms with E-state index in [1.807, 2.05) is 19.2 Å². The molecule has 0 aromatic heterocycles. The molecule has 1 aromatic carbocycles. The molecular formula is C14H20ClNO. The van der Waals surface area contributed by atoms with Crippen LogP contribution in [-0.2, 0) is 6.42 Å². The number of benzene rings is 1. The van der Waals surface area contributed by atoms with Crippen LogP contribution >= 0.6 is 11.6 Å². The summed E-state index contributed by atoms with van der Waals surface area (Å²) in [5.41, 5.74) is 2.48. The average Bonchev–Trinajstić information content (AvgIpc) is 2.77. The van der Waals surface area contributed by atoms with Crippen LogP contribution in [0, 0.1) is 0 Å². The first kappa shape index (κ1) is 12.7. The van der Waals surface area contributed by atoms with E-state index in [1.54, 1.807) is 0 Å². The second-order valence-electron chi connectivity index (χ2n) is 4.57. The van der Waals surface area contributed by atoms with Crippen molar-refractivity contribution in [1.82, 2.24) is 5.32 Å². The number of nitrogens with one attached hydrogen (secondary N) is 1. The van der Waals surface area contributed by atoms with Gasteiger partial charge in [-0.3, -0.25) is 0 Å². The normalized spacial score (nSPS) is 15.5. The molecule has 1 unspecified atom stereocenters. The summed E-state index contributed by atoms with van der Waals surface area (Å²) in [4.78, 5) is 0. The Morgan fingerprint density at radius 1 is 1.47 bits per heavy atom. The lowest BCUT2D eigenvalue weighted by atomic mass is 9.98. The minimum Gasteiger partial charge on any atom is -0.493 e. The van der Waals surface area contributed by atoms with Crippen LogP contribution in [0.4, 0.5) is 0 Å². The van der Waals surface area contributed by atoms with Crippen LogP contribution in [0.25, 0.3) is 0 Å². The summed E-state index contributed by atoms with van der Waals surface area (Å²) in [5, 5.41) is 4.19. The van der Waals surface area contributed by atoms with Gasteiger partial charge >= 0.3 is 0 Å². The van der Waals surface area contributed by atoms with Gasteiger partial charge in [0.15, 0.2) is 0 Å². The molecule has 1 aromatic rings. The van der Waals surface area contributed by atoms with Gasteiger partial charge in [-0.2, -0.15) is 0 Å². The van der Waals surface area contributed by atoms with Crippen molar-refractivity contribution >= 4 is 11.6 Å². The standard InChI is InChI=1S/C14H20ClNO/c1-3-4-5-13(16-2)12-9-11(15)8-10-6-7-17-14(10)12/h8-9,13,16H,3-7H2,1-2H3. The Hall–Kier alpha value is -0.730. The SMILES string of the molecule is CCCCC(NC)c1cc(Cl)cc2c1OCC2. The summed E-state index contributed by atoms with van der Waals surface area (Å²) in [6.45, 7) is 3.00. The summed E-state index contributed by atoms with van der Waals surface area (Å²) in [6, 6.07) is 4.42. The fourth-order valence-electron chi connectivity index (χ4n) is 2.42. The van der Waals surface area contributed by atoms with Crippen molar-refractivity contribution < 1.29 is 4.74 Å². The third-order valence-electron chi connectivity index (χ3n) is 3.35. The molecular weight excluding hydrogens is 234 g/mol. The van der Waals surface area contributed by atoms with Gasteiger partial charge in [-0.25, -0.2) is 0 Å². The Morgan fingerprint density at radius 3 is 3.00 bits per heavy atom. The van der Waals surface area contributed by atoms with Gasteiger partial charge in [-0.1, -0.05) is 31.4 Å². The zero-order chi connectivity index (χ0) is 12.3. The van der Waals surface area contributed by atoms with Crippen molar-refractivity contribution in [2.75, 3.05) is 13.7 Å². The molecule has 0 radical (unpaired) electrons. The van der Waals surface area contributed by atoms with Crippen LogP contribution in [-0.4, -0.2) is 13.7 Å². The predicted molar refractivity (Wildman–Crippen MR) is 72.0 cm³/mol. The number of fused-ring (bicyclic) bond motifs is 1. The van der Waals surface area contributed by atoms with Gasteiger partial charge < -0.3 is 10.1 Å². The number of unbranched alkanes of at least 4 members (excludes halogenated alkanes) is 1. The van der Waals surface area contributed by atoms with Crippen LogP contribution < -0.4 is 10.1 Å². The Morgan fingerprint density at radius 2 is 2.29 bits per heavy atom. The summed E-state index contributed by atoms with van der Waals surface area (Å²) in [7, 11) is 2.00. The molecule has 17 heavy (non-hydrogen) atoms. The second kappa shape index (κ2) is 5.74. The van der Waals surface area contributed by atoms with Crippen molar-refractivity contribution in [1.29, 1.82) is 0 Å². The Bertz CT molecular complexity index is 392. The molecule has 0 bridgehead atoms. The van der Waals surface area contributed by atoms with E-state index in [2.05, 4.69) is 12.2 Å². The molecule has 0 aliphatic carbocycles. The highest BCUT2D eigenvalue weighted by Crippen LogP contribution is 2.37. The summed E-state index contributed by atoms with van der Waals surface area (Å²) in [6.07, 6.45) is 4.53. The third kappa shape index (κ3) is 2.75. The Kier molecular flexibility index (Phi) is 4.30. The first-order valence-corrected chi connectivity index (χ1v) is 6.76. The highest BCUT2D eigenvalue weighted by Gasteiger charge is 2.22. The van der Waals surface area contributed by atoms with E-state index in [-0.39, 0.29) is 0 Å². The monoisotopic (exact) mass is 253 g/mol. The fraction of sp³-hybridized carbons (Fsp3) is 0.571. The third-order valence-corrected chi connectivity index (χ3v) is 3.57. The highest BCUT2D eigenvalue weighted by atomic mass is 35.5. The van der Waals surface area contributed by atoms with Gasteiger partial charge in [0.05, 0.1) is 6.61 Å². The Labute approximate surface area is 108 Å². The number of hydrogen-bond donors (Lipinski definition) is 1. The first-order valence-electron chi connectivity index (χ1n) is 6.38. The molecule has 1 atom stereocenters. The largest absolute Gasteiger partial charge is 0.493 e. The van der Waals surface area contributed by atoms with Gasteiger partial charge in [-0.05, 0) is 31.2 Å². The average molecular weight is 254 g/mol. The summed E-state index contributed by atoms with van der Waals surface area (Å²) in [5.74, 6) is 1.06. The summed E-state index contributed by atoms with van der Waals surface area (Å²) >= 11 is 6.18. The van der Waals surface area contributed by atoms with E-state index in [9.17, 15) is 0 Å². The van der Waals surface area contributed by atoms with Crippen LogP contribution in [0.2, 0.25) is 5.02 Å². The fourth-order valence-corrected chi connectivity index (χ4v) is 2.67. The quantitative estimate of drug-likeness (QED) is 0.864. The molecule has 94 valence electrons. The first-order chi connectivity index (χ1) is 8.26. The lowest BCUT2D eigenvalue weighted by Gasteiger charge is -2.19. The molecule has 1 N–H and O–H groups in total. The number of rotatable bonds is 5. The van der Waals surface area contributed by atoms with Crippen LogP contribution in [0.15, 0.2) is 12.1 Å². The smallest absolute Gasteiger partial charge is 0.127 e. The number of halogens is 1. The number of ether oxygens (including phenoxy) is 1. The van der Waals surface area contributed by atoms with Crippen molar-refractivity contribution in [2.24, 2.45) is 0 Å². The molecule has 0 saturated carbocycles. The molecule has 3 heteroatoms. The zero-order valence-electron chi connectivity index (χ0n) is 10.6. The van der Waals surface area contributed by atoms with Gasteiger partial charge in [0, 0.05) is 23.0 Å². The van der Waals surface area contributed by atoms with Crippen LogP contribution in [0.5, 0.6) is 5.75 Å². The van der Waals surface area contributed by atoms with E-state index in [0.29, 0.717) is 6.04 Å². The zero-order valence-corrected chi connectivity index (χ0v) is 11.3. The maximum absolute atomic E-state index is 6.18. The predicted octanol–water partition coefficient (Wildman–Crippen LogP) is 3.73. The van der Waals surface area contributed by atoms with E-state index in [1.165, 1.54) is 24.0 Å². The molecule has 0 saturated heterocycles. The maximum atomic E-state index is 6.18. The molecule has 0 fully saturated rings. The molecule has 2 nitrogen and oxygen atoms in total. The molecule has 1 heterocycles. The van der Waals surface area contributed by atoms with Crippen molar-refractivity contribution in [3.05, 3.63) is 28.3 Å². The van der Waals surface area contributed by atoms with E-state index in [4.69, 9.17) is 16.3 Å².